The van der Waals surface area contributed by atoms with Gasteiger partial charge in [-0.2, -0.15) is 0 Å². The van der Waals surface area contributed by atoms with Gasteiger partial charge in [0.05, 0.1) is 5.56 Å². The number of likely N-dealkylation sites (N-methyl/N-ethyl adjacent to an activating group) is 1. The number of H-pyrrole nitrogens is 1. The Morgan fingerprint density at radius 3 is 2.59 bits per heavy atom. The van der Waals surface area contributed by atoms with Crippen molar-refractivity contribution in [2.45, 2.75) is 64.5 Å². The van der Waals surface area contributed by atoms with Crippen molar-refractivity contribution in [1.82, 2.24) is 9.88 Å². The number of aryl methyl sites for hydroxylation is 1. The van der Waals surface area contributed by atoms with Gasteiger partial charge in [0.1, 0.15) is 11.9 Å². The second-order valence-electron chi connectivity index (χ2n) is 9.13. The number of nitrogens with one attached hydrogen (secondary N) is 1. The molecule has 1 heterocycles. The van der Waals surface area contributed by atoms with Crippen LogP contribution in [0.25, 0.3) is 10.9 Å². The largest absolute Gasteiger partial charge is 0.454 e. The van der Waals surface area contributed by atoms with E-state index < -0.39 is 6.10 Å². The van der Waals surface area contributed by atoms with Gasteiger partial charge >= 0.3 is 5.97 Å². The van der Waals surface area contributed by atoms with Crippen LogP contribution in [0.1, 0.15) is 72.3 Å². The number of ether oxygens (including phenoxy) is 1. The van der Waals surface area contributed by atoms with Crippen molar-refractivity contribution in [2.75, 3.05) is 13.6 Å². The molecule has 1 aliphatic carbocycles. The van der Waals surface area contributed by atoms with Crippen LogP contribution in [0.3, 0.4) is 0 Å². The Bertz CT molecular complexity index is 1070. The van der Waals surface area contributed by atoms with E-state index in [1.54, 1.807) is 12.1 Å². The van der Waals surface area contributed by atoms with Crippen molar-refractivity contribution in [3.05, 3.63) is 70.7 Å². The Balaban J connectivity index is 1.48. The summed E-state index contributed by atoms with van der Waals surface area (Å²) < 4.78 is 18.9. The first-order valence-corrected chi connectivity index (χ1v) is 11.7. The van der Waals surface area contributed by atoms with Gasteiger partial charge in [-0.05, 0) is 75.5 Å². The van der Waals surface area contributed by atoms with Gasteiger partial charge in [0.25, 0.3) is 0 Å². The number of hydrogen-bond acceptors (Lipinski definition) is 3. The maximum atomic E-state index is 13.2. The molecule has 4 nitrogen and oxygen atoms in total. The molecule has 1 atom stereocenters. The molecule has 0 saturated heterocycles. The molecule has 5 heteroatoms. The monoisotopic (exact) mass is 436 g/mol. The minimum absolute atomic E-state index is 0.304. The van der Waals surface area contributed by atoms with Crippen LogP contribution in [0.5, 0.6) is 0 Å². The highest BCUT2D eigenvalue weighted by atomic mass is 19.1. The number of carbonyl (C=O) groups excluding carboxylic acids is 1. The predicted molar refractivity (Wildman–Crippen MR) is 126 cm³/mol. The van der Waals surface area contributed by atoms with Crippen molar-refractivity contribution in [3.63, 3.8) is 0 Å². The number of nitrogens with zero attached hydrogens (tertiary/aromatic N) is 1. The molecule has 2 aromatic carbocycles. The molecule has 0 aliphatic heterocycles. The van der Waals surface area contributed by atoms with E-state index in [0.717, 1.165) is 35.1 Å². The van der Waals surface area contributed by atoms with Crippen LogP contribution in [0.4, 0.5) is 4.39 Å². The van der Waals surface area contributed by atoms with E-state index >= 15 is 0 Å². The molecule has 3 aromatic rings. The topological polar surface area (TPSA) is 45.3 Å². The summed E-state index contributed by atoms with van der Waals surface area (Å²) in [4.78, 5) is 18.9. The Morgan fingerprint density at radius 2 is 1.88 bits per heavy atom. The summed E-state index contributed by atoms with van der Waals surface area (Å²) in [5.41, 5.74) is 4.31. The van der Waals surface area contributed by atoms with Gasteiger partial charge in [-0.15, -0.1) is 0 Å². The summed E-state index contributed by atoms with van der Waals surface area (Å²) in [5.74, 6) is -0.663. The smallest absolute Gasteiger partial charge is 0.341 e. The van der Waals surface area contributed by atoms with Crippen molar-refractivity contribution < 1.29 is 13.9 Å². The van der Waals surface area contributed by atoms with Crippen LogP contribution in [0.2, 0.25) is 0 Å². The van der Waals surface area contributed by atoms with Crippen molar-refractivity contribution in [1.29, 1.82) is 0 Å². The van der Waals surface area contributed by atoms with Crippen molar-refractivity contribution in [2.24, 2.45) is 0 Å². The Hall–Kier alpha value is -2.66. The molecular formula is C27H33FN2O2. The quantitative estimate of drug-likeness (QED) is 0.440. The van der Waals surface area contributed by atoms with Gasteiger partial charge in [0.2, 0.25) is 0 Å². The lowest BCUT2D eigenvalue weighted by Gasteiger charge is -2.31. The summed E-state index contributed by atoms with van der Waals surface area (Å²) >= 11 is 0. The molecule has 0 unspecified atom stereocenters. The fourth-order valence-corrected chi connectivity index (χ4v) is 4.82. The third-order valence-electron chi connectivity index (χ3n) is 6.83. The van der Waals surface area contributed by atoms with Gasteiger partial charge in [0, 0.05) is 29.2 Å². The normalized spacial score (nSPS) is 15.9. The van der Waals surface area contributed by atoms with Crippen LogP contribution in [0.15, 0.2) is 42.5 Å². The molecule has 0 bridgehead atoms. The molecule has 0 radical (unpaired) electrons. The number of halogens is 1. The number of hydrogen-bond donors (Lipinski definition) is 1. The highest BCUT2D eigenvalue weighted by Gasteiger charge is 2.21. The fraction of sp³-hybridized carbons (Fsp3) is 0.444. The molecule has 0 amide bonds. The summed E-state index contributed by atoms with van der Waals surface area (Å²) in [6, 6.07) is 13.1. The van der Waals surface area contributed by atoms with E-state index in [-0.39, 0.29) is 11.8 Å². The number of aromatic nitrogens is 1. The number of fused-ring (bicyclic) bond motifs is 1. The fourth-order valence-electron chi connectivity index (χ4n) is 4.82. The van der Waals surface area contributed by atoms with E-state index in [1.165, 1.54) is 49.8 Å². The van der Waals surface area contributed by atoms with Crippen LogP contribution >= 0.6 is 0 Å². The summed E-state index contributed by atoms with van der Waals surface area (Å²) in [6.45, 7) is 4.72. The van der Waals surface area contributed by atoms with Gasteiger partial charge < -0.3 is 14.6 Å². The van der Waals surface area contributed by atoms with Crippen LogP contribution in [-0.2, 0) is 11.2 Å². The lowest BCUT2D eigenvalue weighted by atomic mass is 9.94. The second-order valence-corrected chi connectivity index (χ2v) is 9.13. The molecule has 1 N–H and O–H groups in total. The van der Waals surface area contributed by atoms with Gasteiger partial charge in [0.15, 0.2) is 0 Å². The summed E-state index contributed by atoms with van der Waals surface area (Å²) in [5, 5.41) is 0.900. The maximum absolute atomic E-state index is 13.2. The molecule has 1 aliphatic rings. The molecule has 0 spiro atoms. The molecule has 32 heavy (non-hydrogen) atoms. The number of carbonyl (C=O) groups is 1. The molecular weight excluding hydrogens is 403 g/mol. The lowest BCUT2D eigenvalue weighted by Crippen LogP contribution is -2.34. The maximum Gasteiger partial charge on any atom is 0.341 e. The highest BCUT2D eigenvalue weighted by Crippen LogP contribution is 2.28. The SMILES string of the molecule is Cc1[nH]c2ccc(CCN(C)C3CCCCC3)cc2c1C(=O)O[C@@H](C)c1ccc(F)cc1. The van der Waals surface area contributed by atoms with Crippen molar-refractivity contribution >= 4 is 16.9 Å². The van der Waals surface area contributed by atoms with E-state index in [4.69, 9.17) is 4.74 Å². The van der Waals surface area contributed by atoms with Crippen LogP contribution < -0.4 is 0 Å². The second kappa shape index (κ2) is 9.86. The highest BCUT2D eigenvalue weighted by molar-refractivity contribution is 6.05. The first kappa shape index (κ1) is 22.5. The number of rotatable bonds is 7. The number of aromatic amines is 1. The average molecular weight is 437 g/mol. The molecule has 1 saturated carbocycles. The summed E-state index contributed by atoms with van der Waals surface area (Å²) in [6.07, 6.45) is 7.14. The van der Waals surface area contributed by atoms with Crippen LogP contribution in [0, 0.1) is 12.7 Å². The predicted octanol–water partition coefficient (Wildman–Crippen LogP) is 6.34. The third kappa shape index (κ3) is 5.04. The molecule has 4 rings (SSSR count). The lowest BCUT2D eigenvalue weighted by molar-refractivity contribution is 0.0339. The minimum atomic E-state index is -0.459. The Labute approximate surface area is 189 Å². The first-order valence-electron chi connectivity index (χ1n) is 11.7. The molecule has 1 fully saturated rings. The number of benzene rings is 2. The zero-order chi connectivity index (χ0) is 22.7. The first-order chi connectivity index (χ1) is 15.4. The zero-order valence-corrected chi connectivity index (χ0v) is 19.3. The van der Waals surface area contributed by atoms with E-state index in [1.807, 2.05) is 13.8 Å². The van der Waals surface area contributed by atoms with E-state index in [2.05, 4.69) is 35.1 Å². The standard InChI is InChI=1S/C27H33FN2O2/c1-18-26(27(31)32-19(2)21-10-12-22(28)13-11-21)24-17-20(9-14-25(24)29-18)15-16-30(3)23-7-5-4-6-8-23/h9-14,17,19,23,29H,4-8,15-16H2,1-3H3/t19-/m0/s1. The zero-order valence-electron chi connectivity index (χ0n) is 19.3. The van der Waals surface area contributed by atoms with Crippen molar-refractivity contribution in [3.8, 4) is 0 Å². The molecule has 1 aromatic heterocycles. The van der Waals surface area contributed by atoms with Crippen LogP contribution in [-0.4, -0.2) is 35.5 Å². The van der Waals surface area contributed by atoms with E-state index in [9.17, 15) is 9.18 Å². The molecule has 170 valence electrons. The van der Waals surface area contributed by atoms with E-state index in [0.29, 0.717) is 11.6 Å². The summed E-state index contributed by atoms with van der Waals surface area (Å²) in [7, 11) is 2.23. The Kier molecular flexibility index (Phi) is 6.95. The Morgan fingerprint density at radius 1 is 1.16 bits per heavy atom. The van der Waals surface area contributed by atoms with Gasteiger partial charge in [-0.3, -0.25) is 0 Å². The van der Waals surface area contributed by atoms with Gasteiger partial charge in [-0.25, -0.2) is 9.18 Å². The third-order valence-corrected chi connectivity index (χ3v) is 6.83. The number of esters is 1. The minimum Gasteiger partial charge on any atom is -0.454 e. The average Bonchev–Trinajstić information content (AvgIpc) is 3.13. The van der Waals surface area contributed by atoms with Gasteiger partial charge in [-0.1, -0.05) is 37.5 Å².